The molecule has 1 aromatic carbocycles. The first-order chi connectivity index (χ1) is 12.0. The summed E-state index contributed by atoms with van der Waals surface area (Å²) in [7, 11) is -13.3. The van der Waals surface area contributed by atoms with Gasteiger partial charge in [-0.05, 0) is 50.2 Å². The number of thiocarbonyl (C=S) groups is 1. The van der Waals surface area contributed by atoms with Gasteiger partial charge in [-0.2, -0.15) is 0 Å². The summed E-state index contributed by atoms with van der Waals surface area (Å²) in [5, 5.41) is 5.15. The zero-order valence-corrected chi connectivity index (χ0v) is 23.4. The van der Waals surface area contributed by atoms with E-state index in [1.165, 1.54) is 0 Å². The second kappa shape index (κ2) is 10.1. The molecule has 1 heterocycles. The van der Waals surface area contributed by atoms with E-state index in [-0.39, 0.29) is 87.8 Å². The summed E-state index contributed by atoms with van der Waals surface area (Å²) in [6.45, 7) is 2.65. The van der Waals surface area contributed by atoms with Crippen molar-refractivity contribution in [2.75, 3.05) is 16.8 Å². The van der Waals surface area contributed by atoms with Gasteiger partial charge in [-0.25, -0.2) is 25.3 Å². The van der Waals surface area contributed by atoms with Crippen LogP contribution in [0.2, 0.25) is 0 Å². The zero-order chi connectivity index (χ0) is 20.8. The maximum atomic E-state index is 11.6. The summed E-state index contributed by atoms with van der Waals surface area (Å²) < 4.78 is 91.5. The number of hydrogen-bond acceptors (Lipinski definition) is 9. The Morgan fingerprint density at radius 3 is 1.90 bits per heavy atom. The molecule has 1 aliphatic heterocycles. The molecule has 1 saturated heterocycles. The van der Waals surface area contributed by atoms with Gasteiger partial charge in [0.25, 0.3) is 0 Å². The average Bonchev–Trinajstić information content (AvgIpc) is 2.71. The molecule has 16 heteroatoms. The smallest absolute Gasteiger partial charge is 0.744 e. The van der Waals surface area contributed by atoms with Crippen LogP contribution in [0.15, 0.2) is 21.9 Å². The van der Waals surface area contributed by atoms with Gasteiger partial charge in [0.2, 0.25) is 0 Å². The van der Waals surface area contributed by atoms with E-state index in [0.29, 0.717) is 0 Å². The van der Waals surface area contributed by atoms with Crippen molar-refractivity contribution in [1.82, 2.24) is 5.32 Å². The first-order valence-electron chi connectivity index (χ1n) is 7.38. The number of anilines is 1. The van der Waals surface area contributed by atoms with Gasteiger partial charge in [-0.3, -0.25) is 0 Å². The normalized spacial score (nSPS) is 20.8. The fraction of sp³-hybridized carbons (Fsp3) is 0.462. The molecule has 0 bridgehead atoms. The molecular formula is C13H16N2Na2O8S4. The van der Waals surface area contributed by atoms with Gasteiger partial charge in [0.05, 0.1) is 26.8 Å². The van der Waals surface area contributed by atoms with Gasteiger partial charge in [0, 0.05) is 5.69 Å². The van der Waals surface area contributed by atoms with Gasteiger partial charge in [-0.1, -0.05) is 0 Å². The Morgan fingerprint density at radius 2 is 1.55 bits per heavy atom. The minimum Gasteiger partial charge on any atom is -0.744 e. The van der Waals surface area contributed by atoms with Crippen LogP contribution in [0.25, 0.3) is 0 Å². The molecule has 1 aromatic rings. The summed E-state index contributed by atoms with van der Waals surface area (Å²) >= 11 is 5.05. The first kappa shape index (κ1) is 29.7. The number of benzene rings is 1. The SMILES string of the molecule is Cc1c(S(=O)(=O)[O-])cc(NC(=S)NC2(C)CCS(=O)(=O)C2)cc1S(=O)(=O)[O-].[Na+].[Na+]. The maximum absolute atomic E-state index is 11.6. The number of rotatable bonds is 4. The summed E-state index contributed by atoms with van der Waals surface area (Å²) in [6, 6.07) is 1.71. The summed E-state index contributed by atoms with van der Waals surface area (Å²) in [6.07, 6.45) is 0.283. The average molecular weight is 503 g/mol. The van der Waals surface area contributed by atoms with Crippen LogP contribution in [0.3, 0.4) is 0 Å². The summed E-state index contributed by atoms with van der Waals surface area (Å²) in [5.41, 5.74) is -1.57. The Balaban J connectivity index is 0.00000392. The molecule has 0 radical (unpaired) electrons. The molecule has 152 valence electrons. The topological polar surface area (TPSA) is 173 Å². The Hall–Kier alpha value is 0.680. The fourth-order valence-electron chi connectivity index (χ4n) is 2.80. The monoisotopic (exact) mass is 502 g/mol. The van der Waals surface area contributed by atoms with Crippen LogP contribution in [0, 0.1) is 6.92 Å². The van der Waals surface area contributed by atoms with Gasteiger partial charge >= 0.3 is 59.1 Å². The van der Waals surface area contributed by atoms with E-state index >= 15 is 0 Å². The molecule has 1 atom stereocenters. The Kier molecular flexibility index (Phi) is 10.3. The molecule has 29 heavy (non-hydrogen) atoms. The molecule has 2 rings (SSSR count). The Labute approximate surface area is 219 Å². The van der Waals surface area contributed by atoms with E-state index in [9.17, 15) is 34.4 Å². The van der Waals surface area contributed by atoms with Crippen LogP contribution in [-0.4, -0.2) is 56.5 Å². The third-order valence-corrected chi connectivity index (χ3v) is 8.06. The van der Waals surface area contributed by atoms with Crippen LogP contribution in [-0.2, 0) is 30.1 Å². The van der Waals surface area contributed by atoms with E-state index in [0.717, 1.165) is 19.1 Å². The second-order valence-electron chi connectivity index (χ2n) is 6.49. The third-order valence-electron chi connectivity index (χ3n) is 4.03. The maximum Gasteiger partial charge on any atom is 1.00 e. The minimum atomic E-state index is -5.06. The third kappa shape index (κ3) is 7.95. The van der Waals surface area contributed by atoms with Crippen molar-refractivity contribution < 1.29 is 93.5 Å². The van der Waals surface area contributed by atoms with E-state index in [1.54, 1.807) is 6.92 Å². The quantitative estimate of drug-likeness (QED) is 0.228. The van der Waals surface area contributed by atoms with Crippen molar-refractivity contribution in [3.8, 4) is 0 Å². The second-order valence-corrected chi connectivity index (χ2v) is 11.8. The van der Waals surface area contributed by atoms with E-state index < -0.39 is 51.0 Å². The van der Waals surface area contributed by atoms with Crippen molar-refractivity contribution >= 4 is 53.1 Å². The van der Waals surface area contributed by atoms with E-state index in [2.05, 4.69) is 10.6 Å². The minimum absolute atomic E-state index is 0. The van der Waals surface area contributed by atoms with Gasteiger partial charge < -0.3 is 19.7 Å². The van der Waals surface area contributed by atoms with Crippen LogP contribution in [0.4, 0.5) is 5.69 Å². The number of nitrogens with one attached hydrogen (secondary N) is 2. The van der Waals surface area contributed by atoms with Gasteiger partial charge in [0.15, 0.2) is 14.9 Å². The van der Waals surface area contributed by atoms with Crippen molar-refractivity contribution in [1.29, 1.82) is 0 Å². The largest absolute Gasteiger partial charge is 1.00 e. The van der Waals surface area contributed by atoms with Crippen LogP contribution in [0.5, 0.6) is 0 Å². The molecule has 10 nitrogen and oxygen atoms in total. The van der Waals surface area contributed by atoms with Crippen LogP contribution >= 0.6 is 12.2 Å². The predicted molar refractivity (Wildman–Crippen MR) is 98.1 cm³/mol. The molecule has 1 unspecified atom stereocenters. The molecule has 0 spiro atoms. The van der Waals surface area contributed by atoms with Crippen LogP contribution < -0.4 is 69.7 Å². The van der Waals surface area contributed by atoms with Crippen LogP contribution in [0.1, 0.15) is 18.9 Å². The van der Waals surface area contributed by atoms with Crippen molar-refractivity contribution in [3.63, 3.8) is 0 Å². The zero-order valence-electron chi connectivity index (χ0n) is 16.2. The predicted octanol–water partition coefficient (Wildman–Crippen LogP) is -6.33. The molecule has 0 amide bonds. The summed E-state index contributed by atoms with van der Waals surface area (Å²) in [5.74, 6) is -0.198. The molecule has 0 saturated carbocycles. The number of sulfone groups is 1. The van der Waals surface area contributed by atoms with Gasteiger partial charge in [-0.15, -0.1) is 0 Å². The van der Waals surface area contributed by atoms with Gasteiger partial charge in [0.1, 0.15) is 20.2 Å². The van der Waals surface area contributed by atoms with Crippen molar-refractivity contribution in [2.24, 2.45) is 0 Å². The Morgan fingerprint density at radius 1 is 1.10 bits per heavy atom. The first-order valence-corrected chi connectivity index (χ1v) is 12.4. The van der Waals surface area contributed by atoms with Crippen molar-refractivity contribution in [2.45, 2.75) is 35.6 Å². The molecule has 2 N–H and O–H groups in total. The molecule has 0 aliphatic carbocycles. The molecule has 1 aliphatic rings. The standard InChI is InChI=1S/C13H18N2O8S4.2Na/c1-8-10(26(18,19)20)5-9(6-11(8)27(21,22)23)14-12(24)15-13(2)3-4-25(16,17)7-13;;/h5-6H,3-4,7H2,1-2H3,(H2,14,15,24)(H,18,19,20)(H,21,22,23);;/q;2*+1/p-2. The molecule has 0 aromatic heterocycles. The molecular weight excluding hydrogens is 486 g/mol. The van der Waals surface area contributed by atoms with E-state index in [1.807, 2.05) is 0 Å². The Bertz CT molecular complexity index is 1070. The molecule has 1 fully saturated rings. The summed E-state index contributed by atoms with van der Waals surface area (Å²) in [4.78, 5) is -1.75. The fourth-order valence-corrected chi connectivity index (χ4v) is 6.83. The number of hydrogen-bond donors (Lipinski definition) is 2. The van der Waals surface area contributed by atoms with E-state index in [4.69, 9.17) is 12.2 Å². The van der Waals surface area contributed by atoms with Crippen molar-refractivity contribution in [3.05, 3.63) is 17.7 Å².